The first-order valence-electron chi connectivity index (χ1n) is 9.58. The van der Waals surface area contributed by atoms with E-state index in [1.54, 1.807) is 0 Å². The van der Waals surface area contributed by atoms with E-state index < -0.39 is 12.5 Å². The average molecular weight is 352 g/mol. The number of alkyl halides is 2. The number of hydrogen-bond acceptors (Lipinski definition) is 4. The Balaban J connectivity index is 1.46. The summed E-state index contributed by atoms with van der Waals surface area (Å²) in [6.07, 6.45) is 4.06. The maximum atomic E-state index is 13.5. The normalized spacial score (nSPS) is 21.4. The molecule has 0 saturated carbocycles. The molecule has 0 spiro atoms. The number of nitrogens with one attached hydrogen (secondary N) is 2. The summed E-state index contributed by atoms with van der Waals surface area (Å²) in [5, 5.41) is 6.61. The van der Waals surface area contributed by atoms with Crippen LogP contribution >= 0.6 is 0 Å². The fourth-order valence-electron chi connectivity index (χ4n) is 3.93. The van der Waals surface area contributed by atoms with Crippen LogP contribution in [-0.4, -0.2) is 55.1 Å². The highest BCUT2D eigenvalue weighted by Gasteiger charge is 2.30. The molecule has 6 heteroatoms. The molecule has 0 bridgehead atoms. The molecule has 25 heavy (non-hydrogen) atoms. The molecule has 0 aromatic carbocycles. The van der Waals surface area contributed by atoms with E-state index in [4.69, 9.17) is 0 Å². The molecule has 0 amide bonds. The molecule has 3 heterocycles. The molecule has 0 aliphatic carbocycles. The summed E-state index contributed by atoms with van der Waals surface area (Å²) in [5.41, 5.74) is 2.36. The summed E-state index contributed by atoms with van der Waals surface area (Å²) in [7, 11) is 1.85. The van der Waals surface area contributed by atoms with Crippen LogP contribution in [0.1, 0.15) is 43.4 Å². The van der Waals surface area contributed by atoms with Crippen LogP contribution in [0, 0.1) is 0 Å². The third-order valence-electron chi connectivity index (χ3n) is 5.56. The lowest BCUT2D eigenvalue weighted by atomic mass is 10.0. The average Bonchev–Trinajstić information content (AvgIpc) is 3.15. The molecule has 0 radical (unpaired) electrons. The first-order valence-corrected chi connectivity index (χ1v) is 9.58. The lowest BCUT2D eigenvalue weighted by Crippen LogP contribution is -2.45. The Bertz CT molecular complexity index is 546. The van der Waals surface area contributed by atoms with Crippen LogP contribution in [0.25, 0.3) is 0 Å². The van der Waals surface area contributed by atoms with Gasteiger partial charge in [-0.1, -0.05) is 12.5 Å². The number of fused-ring (bicyclic) bond motifs is 1. The second kappa shape index (κ2) is 8.90. The van der Waals surface area contributed by atoms with Crippen molar-refractivity contribution in [3.8, 4) is 0 Å². The van der Waals surface area contributed by atoms with Crippen LogP contribution in [0.3, 0.4) is 0 Å². The van der Waals surface area contributed by atoms with E-state index in [9.17, 15) is 8.78 Å². The Morgan fingerprint density at radius 2 is 2.16 bits per heavy atom. The number of aromatic nitrogens is 1. The van der Waals surface area contributed by atoms with E-state index in [0.29, 0.717) is 6.42 Å². The Morgan fingerprint density at radius 1 is 1.28 bits per heavy atom. The maximum Gasteiger partial charge on any atom is 0.253 e. The van der Waals surface area contributed by atoms with E-state index in [-0.39, 0.29) is 6.04 Å². The number of aryl methyl sites for hydroxylation is 2. The molecule has 1 aromatic rings. The molecular formula is C19H30F2N4. The Labute approximate surface area is 149 Å². The summed E-state index contributed by atoms with van der Waals surface area (Å²) < 4.78 is 26.9. The lowest BCUT2D eigenvalue weighted by Gasteiger charge is -2.32. The van der Waals surface area contributed by atoms with Gasteiger partial charge in [-0.2, -0.15) is 0 Å². The topological polar surface area (TPSA) is 40.2 Å². The third kappa shape index (κ3) is 4.88. The molecule has 1 saturated heterocycles. The van der Waals surface area contributed by atoms with Crippen molar-refractivity contribution in [3.63, 3.8) is 0 Å². The van der Waals surface area contributed by atoms with Gasteiger partial charge in [0.1, 0.15) is 5.82 Å². The van der Waals surface area contributed by atoms with Crippen molar-refractivity contribution in [1.82, 2.24) is 15.2 Å². The van der Waals surface area contributed by atoms with Crippen molar-refractivity contribution >= 4 is 5.82 Å². The molecule has 1 aromatic heterocycles. The van der Waals surface area contributed by atoms with Crippen LogP contribution in [0.2, 0.25) is 0 Å². The van der Waals surface area contributed by atoms with Crippen LogP contribution in [0.5, 0.6) is 0 Å². The number of hydrogen-bond donors (Lipinski definition) is 2. The van der Waals surface area contributed by atoms with Crippen molar-refractivity contribution in [3.05, 3.63) is 23.4 Å². The number of halogens is 2. The van der Waals surface area contributed by atoms with E-state index in [0.717, 1.165) is 69.7 Å². The zero-order valence-corrected chi connectivity index (χ0v) is 15.1. The molecule has 3 rings (SSSR count). The van der Waals surface area contributed by atoms with Crippen LogP contribution in [-0.2, 0) is 12.8 Å². The van der Waals surface area contributed by atoms with Crippen LogP contribution in [0.15, 0.2) is 12.1 Å². The van der Waals surface area contributed by atoms with Crippen molar-refractivity contribution in [2.45, 2.75) is 63.5 Å². The Morgan fingerprint density at radius 3 is 2.92 bits per heavy atom. The van der Waals surface area contributed by atoms with Crippen molar-refractivity contribution < 1.29 is 8.78 Å². The van der Waals surface area contributed by atoms with Crippen molar-refractivity contribution in [1.29, 1.82) is 0 Å². The monoisotopic (exact) mass is 352 g/mol. The SMILES string of the molecule is CN([C@@H]1CCNC1)[C@H](CCCCc1ccc2c(n1)NCCC2)C(F)F. The number of nitrogens with zero attached hydrogens (tertiary/aromatic N) is 2. The highest BCUT2D eigenvalue weighted by molar-refractivity contribution is 5.46. The van der Waals surface area contributed by atoms with Gasteiger partial charge in [-0.15, -0.1) is 0 Å². The standard InChI is InChI=1S/C19H30F2N4/c1-25(16-10-12-22-13-16)17(18(20)21)7-3-2-6-15-9-8-14-5-4-11-23-19(14)24-15/h8-9,16-18,22H,2-7,10-13H2,1H3,(H,23,24)/t16-,17-/m1/s1. The van der Waals surface area contributed by atoms with Gasteiger partial charge in [0.05, 0.1) is 6.04 Å². The predicted octanol–water partition coefficient (Wildman–Crippen LogP) is 3.08. The van der Waals surface area contributed by atoms with Gasteiger partial charge in [0.25, 0.3) is 6.43 Å². The number of likely N-dealkylation sites (N-methyl/N-ethyl adjacent to an activating group) is 1. The second-order valence-electron chi connectivity index (χ2n) is 7.30. The third-order valence-corrected chi connectivity index (χ3v) is 5.56. The molecule has 2 aliphatic heterocycles. The van der Waals surface area contributed by atoms with Gasteiger partial charge in [0, 0.05) is 24.8 Å². The summed E-state index contributed by atoms with van der Waals surface area (Å²) >= 11 is 0. The molecular weight excluding hydrogens is 322 g/mol. The van der Waals surface area contributed by atoms with Gasteiger partial charge in [0.2, 0.25) is 0 Å². The minimum absolute atomic E-state index is 0.243. The van der Waals surface area contributed by atoms with Crippen LogP contribution in [0.4, 0.5) is 14.6 Å². The number of pyridine rings is 1. The quantitative estimate of drug-likeness (QED) is 0.706. The fraction of sp³-hybridized carbons (Fsp3) is 0.737. The molecule has 2 N–H and O–H groups in total. The number of rotatable bonds is 8. The van der Waals surface area contributed by atoms with Gasteiger partial charge < -0.3 is 10.6 Å². The first-order chi connectivity index (χ1) is 12.1. The Hall–Kier alpha value is -1.27. The van der Waals surface area contributed by atoms with Crippen molar-refractivity contribution in [2.24, 2.45) is 0 Å². The van der Waals surface area contributed by atoms with E-state index in [1.165, 1.54) is 5.56 Å². The highest BCUT2D eigenvalue weighted by Crippen LogP contribution is 2.22. The number of unbranched alkanes of at least 4 members (excludes halogenated alkanes) is 1. The molecule has 2 aliphatic rings. The minimum atomic E-state index is -2.28. The fourth-order valence-corrected chi connectivity index (χ4v) is 3.93. The van der Waals surface area contributed by atoms with Gasteiger partial charge in [-0.25, -0.2) is 13.8 Å². The molecule has 0 unspecified atom stereocenters. The smallest absolute Gasteiger partial charge is 0.253 e. The summed E-state index contributed by atoms with van der Waals surface area (Å²) in [6, 6.07) is 3.86. The first kappa shape index (κ1) is 18.5. The summed E-state index contributed by atoms with van der Waals surface area (Å²) in [5.74, 6) is 1.02. The molecule has 1 fully saturated rings. The molecule has 140 valence electrons. The van der Waals surface area contributed by atoms with Crippen LogP contribution < -0.4 is 10.6 Å². The number of anilines is 1. The van der Waals surface area contributed by atoms with Gasteiger partial charge in [-0.05, 0) is 63.7 Å². The zero-order chi connectivity index (χ0) is 17.6. The van der Waals surface area contributed by atoms with Gasteiger partial charge in [-0.3, -0.25) is 4.90 Å². The van der Waals surface area contributed by atoms with Gasteiger partial charge in [0.15, 0.2) is 0 Å². The lowest BCUT2D eigenvalue weighted by molar-refractivity contribution is 0.0156. The van der Waals surface area contributed by atoms with Gasteiger partial charge >= 0.3 is 0 Å². The molecule has 2 atom stereocenters. The second-order valence-corrected chi connectivity index (χ2v) is 7.30. The van der Waals surface area contributed by atoms with E-state index >= 15 is 0 Å². The summed E-state index contributed by atoms with van der Waals surface area (Å²) in [4.78, 5) is 6.58. The maximum absolute atomic E-state index is 13.5. The highest BCUT2D eigenvalue weighted by atomic mass is 19.3. The van der Waals surface area contributed by atoms with E-state index in [1.807, 2.05) is 11.9 Å². The van der Waals surface area contributed by atoms with Crippen molar-refractivity contribution in [2.75, 3.05) is 32.0 Å². The largest absolute Gasteiger partial charge is 0.370 e. The molecule has 4 nitrogen and oxygen atoms in total. The zero-order valence-electron chi connectivity index (χ0n) is 15.1. The Kier molecular flexibility index (Phi) is 6.59. The minimum Gasteiger partial charge on any atom is -0.370 e. The predicted molar refractivity (Wildman–Crippen MR) is 97.4 cm³/mol. The summed E-state index contributed by atoms with van der Waals surface area (Å²) in [6.45, 7) is 2.75. The van der Waals surface area contributed by atoms with E-state index in [2.05, 4.69) is 27.8 Å².